The number of nitrogens with two attached hydrogens (primary N) is 1. The Balaban J connectivity index is 2.05. The standard InChI is InChI=1S/C16H13ClFNO/c17-15-10-13(6-7-16(15)18)11-20-14-5-1-3-12(9-14)4-2-8-19/h1,3,5-7,9-10H,8,11,19H2. The molecule has 102 valence electrons. The van der Waals surface area contributed by atoms with Crippen LogP contribution in [0.3, 0.4) is 0 Å². The monoisotopic (exact) mass is 289 g/mol. The molecular formula is C16H13ClFNO. The summed E-state index contributed by atoms with van der Waals surface area (Å²) in [6.07, 6.45) is 0. The van der Waals surface area contributed by atoms with E-state index in [9.17, 15) is 4.39 Å². The lowest BCUT2D eigenvalue weighted by atomic mass is 10.2. The molecule has 0 radical (unpaired) electrons. The summed E-state index contributed by atoms with van der Waals surface area (Å²) in [5, 5.41) is 0.0914. The van der Waals surface area contributed by atoms with E-state index in [0.717, 1.165) is 11.1 Å². The van der Waals surface area contributed by atoms with Crippen molar-refractivity contribution in [1.82, 2.24) is 0 Å². The molecular weight excluding hydrogens is 277 g/mol. The van der Waals surface area contributed by atoms with Crippen molar-refractivity contribution in [3.05, 3.63) is 64.4 Å². The molecule has 0 aliphatic rings. The molecule has 2 nitrogen and oxygen atoms in total. The summed E-state index contributed by atoms with van der Waals surface area (Å²) in [5.41, 5.74) is 6.97. The summed E-state index contributed by atoms with van der Waals surface area (Å²) in [5.74, 6) is 5.97. The lowest BCUT2D eigenvalue weighted by Gasteiger charge is -2.07. The van der Waals surface area contributed by atoms with Crippen molar-refractivity contribution in [3.63, 3.8) is 0 Å². The van der Waals surface area contributed by atoms with Gasteiger partial charge in [0.1, 0.15) is 18.2 Å². The van der Waals surface area contributed by atoms with Crippen LogP contribution in [-0.2, 0) is 6.61 Å². The van der Waals surface area contributed by atoms with Crippen LogP contribution in [0.15, 0.2) is 42.5 Å². The molecule has 0 heterocycles. The highest BCUT2D eigenvalue weighted by atomic mass is 35.5. The minimum absolute atomic E-state index is 0.0914. The van der Waals surface area contributed by atoms with Crippen molar-refractivity contribution in [2.75, 3.05) is 6.54 Å². The molecule has 0 bridgehead atoms. The third-order valence-corrected chi connectivity index (χ3v) is 2.85. The molecule has 4 heteroatoms. The molecule has 0 saturated carbocycles. The smallest absolute Gasteiger partial charge is 0.141 e. The van der Waals surface area contributed by atoms with Crippen LogP contribution in [0.1, 0.15) is 11.1 Å². The van der Waals surface area contributed by atoms with Crippen molar-refractivity contribution >= 4 is 11.6 Å². The average molecular weight is 290 g/mol. The molecule has 2 aromatic rings. The van der Waals surface area contributed by atoms with Crippen molar-refractivity contribution in [3.8, 4) is 17.6 Å². The van der Waals surface area contributed by atoms with Gasteiger partial charge in [-0.15, -0.1) is 0 Å². The van der Waals surface area contributed by atoms with Gasteiger partial charge in [0.2, 0.25) is 0 Å². The Morgan fingerprint density at radius 2 is 2.05 bits per heavy atom. The molecule has 0 spiro atoms. The molecule has 0 aliphatic heterocycles. The maximum atomic E-state index is 13.0. The Morgan fingerprint density at radius 1 is 1.20 bits per heavy atom. The lowest BCUT2D eigenvalue weighted by molar-refractivity contribution is 0.306. The molecule has 2 aromatic carbocycles. The Bertz CT molecular complexity index is 661. The minimum Gasteiger partial charge on any atom is -0.489 e. The van der Waals surface area contributed by atoms with Gasteiger partial charge in [-0.3, -0.25) is 0 Å². The van der Waals surface area contributed by atoms with Crippen LogP contribution in [0, 0.1) is 17.7 Å². The van der Waals surface area contributed by atoms with Crippen molar-refractivity contribution in [1.29, 1.82) is 0 Å². The fraction of sp³-hybridized carbons (Fsp3) is 0.125. The first-order valence-electron chi connectivity index (χ1n) is 6.05. The van der Waals surface area contributed by atoms with E-state index in [0.29, 0.717) is 18.9 Å². The molecule has 0 aromatic heterocycles. The molecule has 0 atom stereocenters. The normalized spacial score (nSPS) is 9.75. The van der Waals surface area contributed by atoms with E-state index in [4.69, 9.17) is 22.1 Å². The molecule has 0 saturated heterocycles. The lowest BCUT2D eigenvalue weighted by Crippen LogP contribution is -1.96. The fourth-order valence-electron chi connectivity index (χ4n) is 1.61. The molecule has 20 heavy (non-hydrogen) atoms. The van der Waals surface area contributed by atoms with Gasteiger partial charge in [-0.2, -0.15) is 0 Å². The SMILES string of the molecule is NCC#Cc1cccc(OCc2ccc(F)c(Cl)c2)c1. The van der Waals surface area contributed by atoms with Crippen LogP contribution in [0.25, 0.3) is 0 Å². The first-order chi connectivity index (χ1) is 9.69. The van der Waals surface area contributed by atoms with Crippen LogP contribution in [0.4, 0.5) is 4.39 Å². The topological polar surface area (TPSA) is 35.2 Å². The van der Waals surface area contributed by atoms with Gasteiger partial charge >= 0.3 is 0 Å². The zero-order valence-electron chi connectivity index (χ0n) is 10.7. The van der Waals surface area contributed by atoms with Crippen LogP contribution >= 0.6 is 11.6 Å². The molecule has 0 amide bonds. The first kappa shape index (κ1) is 14.4. The van der Waals surface area contributed by atoms with Gasteiger partial charge in [0, 0.05) is 5.56 Å². The van der Waals surface area contributed by atoms with Crippen molar-refractivity contribution in [2.45, 2.75) is 6.61 Å². The Morgan fingerprint density at radius 3 is 2.80 bits per heavy atom. The summed E-state index contributed by atoms with van der Waals surface area (Å²) < 4.78 is 18.7. The van der Waals surface area contributed by atoms with Crippen LogP contribution in [0.2, 0.25) is 5.02 Å². The second-order valence-electron chi connectivity index (χ2n) is 4.07. The average Bonchev–Trinajstić information content (AvgIpc) is 2.47. The van der Waals surface area contributed by atoms with E-state index in [2.05, 4.69) is 11.8 Å². The highest BCUT2D eigenvalue weighted by Crippen LogP contribution is 2.18. The van der Waals surface area contributed by atoms with Crippen LogP contribution < -0.4 is 10.5 Å². The van der Waals surface area contributed by atoms with E-state index >= 15 is 0 Å². The number of ether oxygens (including phenoxy) is 1. The Hall–Kier alpha value is -2.02. The number of benzene rings is 2. The number of halogens is 2. The first-order valence-corrected chi connectivity index (χ1v) is 6.42. The van der Waals surface area contributed by atoms with Gasteiger partial charge in [0.05, 0.1) is 11.6 Å². The maximum Gasteiger partial charge on any atom is 0.141 e. The zero-order chi connectivity index (χ0) is 14.4. The third kappa shape index (κ3) is 3.99. The summed E-state index contributed by atoms with van der Waals surface area (Å²) >= 11 is 5.72. The number of rotatable bonds is 3. The molecule has 2 rings (SSSR count). The highest BCUT2D eigenvalue weighted by molar-refractivity contribution is 6.30. The van der Waals surface area contributed by atoms with E-state index in [1.807, 2.05) is 24.3 Å². The fourth-order valence-corrected chi connectivity index (χ4v) is 1.82. The van der Waals surface area contributed by atoms with Crippen LogP contribution in [-0.4, -0.2) is 6.54 Å². The van der Waals surface area contributed by atoms with E-state index in [-0.39, 0.29) is 5.02 Å². The van der Waals surface area contributed by atoms with Gasteiger partial charge in [0.25, 0.3) is 0 Å². The Labute approximate surface area is 122 Å². The summed E-state index contributed by atoms with van der Waals surface area (Å²) in [7, 11) is 0. The summed E-state index contributed by atoms with van der Waals surface area (Å²) in [6.45, 7) is 0.632. The maximum absolute atomic E-state index is 13.0. The minimum atomic E-state index is -0.436. The highest BCUT2D eigenvalue weighted by Gasteiger charge is 2.02. The van der Waals surface area contributed by atoms with E-state index in [1.54, 1.807) is 12.1 Å². The number of hydrogen-bond donors (Lipinski definition) is 1. The van der Waals surface area contributed by atoms with Gasteiger partial charge in [-0.05, 0) is 35.9 Å². The van der Waals surface area contributed by atoms with Gasteiger partial charge in [-0.25, -0.2) is 4.39 Å². The van der Waals surface area contributed by atoms with Crippen LogP contribution in [0.5, 0.6) is 5.75 Å². The molecule has 2 N–H and O–H groups in total. The predicted octanol–water partition coefficient (Wildman–Crippen LogP) is 3.37. The summed E-state index contributed by atoms with van der Waals surface area (Å²) in [4.78, 5) is 0. The van der Waals surface area contributed by atoms with Gasteiger partial charge in [-0.1, -0.05) is 35.6 Å². The second-order valence-corrected chi connectivity index (χ2v) is 4.48. The predicted molar refractivity (Wildman–Crippen MR) is 78.1 cm³/mol. The zero-order valence-corrected chi connectivity index (χ0v) is 11.5. The van der Waals surface area contributed by atoms with Crippen molar-refractivity contribution in [2.24, 2.45) is 5.73 Å². The van der Waals surface area contributed by atoms with E-state index < -0.39 is 5.82 Å². The molecule has 0 aliphatic carbocycles. The third-order valence-electron chi connectivity index (χ3n) is 2.56. The van der Waals surface area contributed by atoms with E-state index in [1.165, 1.54) is 6.07 Å². The molecule has 0 unspecified atom stereocenters. The largest absolute Gasteiger partial charge is 0.489 e. The van der Waals surface area contributed by atoms with Gasteiger partial charge in [0.15, 0.2) is 0 Å². The summed E-state index contributed by atoms with van der Waals surface area (Å²) in [6, 6.07) is 11.9. The van der Waals surface area contributed by atoms with Gasteiger partial charge < -0.3 is 10.5 Å². The number of hydrogen-bond acceptors (Lipinski definition) is 2. The second kappa shape index (κ2) is 6.95. The van der Waals surface area contributed by atoms with Crippen molar-refractivity contribution < 1.29 is 9.13 Å². The molecule has 0 fully saturated rings. The Kier molecular flexibility index (Phi) is 5.00. The quantitative estimate of drug-likeness (QED) is 0.879.